The molecule has 0 aliphatic heterocycles. The molecule has 0 heterocycles. The molecule has 0 fully saturated rings. The molecule has 7 rings (SSSR count). The van der Waals surface area contributed by atoms with E-state index < -0.39 is 13.9 Å². The van der Waals surface area contributed by atoms with Crippen LogP contribution in [0.3, 0.4) is 0 Å². The molecular weight excluding hydrogens is 642 g/mol. The van der Waals surface area contributed by atoms with Gasteiger partial charge in [0.15, 0.2) is 0 Å². The van der Waals surface area contributed by atoms with Gasteiger partial charge >= 0.3 is 304 Å². The van der Waals surface area contributed by atoms with E-state index >= 15 is 0 Å². The molecule has 0 unspecified atom stereocenters. The molecule has 7 aromatic carbocycles. The van der Waals surface area contributed by atoms with Crippen LogP contribution in [0.4, 0.5) is 0 Å². The van der Waals surface area contributed by atoms with Crippen LogP contribution in [0.2, 0.25) is 0 Å². The van der Waals surface area contributed by atoms with E-state index in [4.69, 9.17) is 14.0 Å². The molecular formula is C46H42BO3P. The fourth-order valence-electron chi connectivity index (χ4n) is 7.18. The van der Waals surface area contributed by atoms with E-state index in [1.54, 1.807) is 0 Å². The summed E-state index contributed by atoms with van der Waals surface area (Å²) in [6.45, 7) is 4.53. The van der Waals surface area contributed by atoms with Crippen LogP contribution >= 0.6 is 6.60 Å². The molecule has 252 valence electrons. The van der Waals surface area contributed by atoms with Crippen LogP contribution in [0.1, 0.15) is 22.3 Å². The maximum absolute atomic E-state index is 7.10. The van der Waals surface area contributed by atoms with Gasteiger partial charge in [-0.05, 0) is 0 Å². The summed E-state index contributed by atoms with van der Waals surface area (Å²) in [4.78, 5) is 0. The molecule has 0 radical (unpaired) electrons. The number of rotatable bonds is 11. The van der Waals surface area contributed by atoms with Crippen molar-refractivity contribution >= 4 is 40.4 Å². The molecule has 0 aromatic heterocycles. The molecule has 0 N–H and O–H groups in total. The molecule has 0 atom stereocenters. The van der Waals surface area contributed by atoms with E-state index in [-0.39, 0.29) is 0 Å². The summed E-state index contributed by atoms with van der Waals surface area (Å²) in [6.07, 6.45) is 0. The zero-order chi connectivity index (χ0) is 35.3. The van der Waals surface area contributed by atoms with Gasteiger partial charge in [0.2, 0.25) is 0 Å². The van der Waals surface area contributed by atoms with Gasteiger partial charge in [0, 0.05) is 0 Å². The van der Waals surface area contributed by atoms with Crippen LogP contribution in [-0.2, 0) is 0 Å². The average molecular weight is 685 g/mol. The molecule has 51 heavy (non-hydrogen) atoms. The van der Waals surface area contributed by atoms with Crippen molar-refractivity contribution in [2.45, 2.75) is 27.7 Å². The van der Waals surface area contributed by atoms with Gasteiger partial charge in [-0.2, -0.15) is 0 Å². The Labute approximate surface area is 302 Å². The van der Waals surface area contributed by atoms with E-state index in [1.807, 2.05) is 48.5 Å². The summed E-state index contributed by atoms with van der Waals surface area (Å²) in [6, 6.07) is 64.4. The number of hydrogen-bond donors (Lipinski definition) is 0. The third-order valence-electron chi connectivity index (χ3n) is 9.69. The van der Waals surface area contributed by atoms with Crippen molar-refractivity contribution in [3.8, 4) is 17.2 Å². The summed E-state index contributed by atoms with van der Waals surface area (Å²) >= 11 is 0. The molecule has 5 heteroatoms. The van der Waals surface area contributed by atoms with Crippen LogP contribution < -0.4 is 40.5 Å². The minimum absolute atomic E-state index is 0.650. The van der Waals surface area contributed by atoms with Crippen molar-refractivity contribution in [3.63, 3.8) is 0 Å². The van der Waals surface area contributed by atoms with Gasteiger partial charge in [-0.25, -0.2) is 0 Å². The maximum atomic E-state index is 7.10. The van der Waals surface area contributed by atoms with Gasteiger partial charge in [0.05, 0.1) is 0 Å². The molecule has 0 aliphatic carbocycles. The Hall–Kier alpha value is -5.57. The molecule has 0 aliphatic rings. The Balaban J connectivity index is 1.57. The predicted octanol–water partition coefficient (Wildman–Crippen LogP) is 8.92. The van der Waals surface area contributed by atoms with Crippen LogP contribution in [-0.4, -0.2) is 7.32 Å². The monoisotopic (exact) mass is 684 g/mol. The van der Waals surface area contributed by atoms with Gasteiger partial charge in [0.25, 0.3) is 0 Å². The fourth-order valence-corrected chi connectivity index (χ4v) is 14.2. The standard InChI is InChI=1S/C46H42BO3P/c1-35-20-27-39(28-21-35)48-47(49-40-29-22-36(2)23-30-40)50-45-33-26-38(4)34-46(45)51(41-14-8-5-9-15-41,42-16-10-6-11-17-42,43-18-12-7-13-19-43)44-31-24-37(3)25-32-44/h5-34H,1-4H3. The Morgan fingerprint density at radius 3 is 1.12 bits per heavy atom. The summed E-state index contributed by atoms with van der Waals surface area (Å²) in [5.41, 5.74) is 4.60. The molecule has 7 aromatic rings. The number of aryl methyl sites for hydroxylation is 4. The minimum atomic E-state index is -3.88. The zero-order valence-corrected chi connectivity index (χ0v) is 30.5. The Bertz CT molecular complexity index is 2060. The SMILES string of the molecule is Cc1ccc(OB(Oc2ccc(C)cc2)Oc2ccc(C)cc2P(c2ccccc2)(c2ccccc2)(c2ccccc2)c2ccc(C)cc2)cc1. The molecule has 0 spiro atoms. The number of hydrogen-bond acceptors (Lipinski definition) is 3. The second kappa shape index (κ2) is 14.3. The molecule has 0 saturated carbocycles. The molecule has 0 amide bonds. The van der Waals surface area contributed by atoms with E-state index in [2.05, 4.69) is 161 Å². The average Bonchev–Trinajstić information content (AvgIpc) is 3.17. The van der Waals surface area contributed by atoms with Crippen molar-refractivity contribution in [2.24, 2.45) is 0 Å². The van der Waals surface area contributed by atoms with Crippen molar-refractivity contribution in [3.05, 3.63) is 204 Å². The Morgan fingerprint density at radius 1 is 0.353 bits per heavy atom. The Morgan fingerprint density at radius 2 is 0.706 bits per heavy atom. The third-order valence-corrected chi connectivity index (χ3v) is 16.3. The second-order valence-electron chi connectivity index (χ2n) is 13.2. The van der Waals surface area contributed by atoms with E-state index in [0.717, 1.165) is 22.0 Å². The number of benzene rings is 7. The topological polar surface area (TPSA) is 27.7 Å². The van der Waals surface area contributed by atoms with Crippen molar-refractivity contribution in [1.82, 2.24) is 0 Å². The van der Waals surface area contributed by atoms with Gasteiger partial charge < -0.3 is 0 Å². The summed E-state index contributed by atoms with van der Waals surface area (Å²) in [5, 5.41) is 5.89. The van der Waals surface area contributed by atoms with E-state index in [9.17, 15) is 0 Å². The fraction of sp³-hybridized carbons (Fsp3) is 0.0870. The summed E-state index contributed by atoms with van der Waals surface area (Å²) in [5.74, 6) is 1.98. The normalized spacial score (nSPS) is 12.0. The van der Waals surface area contributed by atoms with Gasteiger partial charge in [-0.1, -0.05) is 0 Å². The summed E-state index contributed by atoms with van der Waals surface area (Å²) in [7, 11) is -1.10. The van der Waals surface area contributed by atoms with Crippen LogP contribution in [0.25, 0.3) is 0 Å². The van der Waals surface area contributed by atoms with Crippen LogP contribution in [0, 0.1) is 27.7 Å². The van der Waals surface area contributed by atoms with E-state index in [0.29, 0.717) is 17.2 Å². The van der Waals surface area contributed by atoms with E-state index in [1.165, 1.54) is 26.8 Å². The second-order valence-corrected chi connectivity index (χ2v) is 18.0. The van der Waals surface area contributed by atoms with Gasteiger partial charge in [0.1, 0.15) is 0 Å². The molecule has 3 nitrogen and oxygen atoms in total. The predicted molar refractivity (Wildman–Crippen MR) is 217 cm³/mol. The zero-order valence-electron chi connectivity index (χ0n) is 29.6. The Kier molecular flexibility index (Phi) is 9.54. The van der Waals surface area contributed by atoms with Crippen molar-refractivity contribution in [1.29, 1.82) is 0 Å². The van der Waals surface area contributed by atoms with Crippen LogP contribution in [0.15, 0.2) is 182 Å². The van der Waals surface area contributed by atoms with Gasteiger partial charge in [-0.15, -0.1) is 0 Å². The van der Waals surface area contributed by atoms with Crippen LogP contribution in [0.5, 0.6) is 17.2 Å². The first-order chi connectivity index (χ1) is 24.9. The third kappa shape index (κ3) is 6.22. The van der Waals surface area contributed by atoms with Gasteiger partial charge in [-0.3, -0.25) is 0 Å². The van der Waals surface area contributed by atoms with Crippen molar-refractivity contribution in [2.75, 3.05) is 0 Å². The quantitative estimate of drug-likeness (QED) is 0.101. The summed E-state index contributed by atoms with van der Waals surface area (Å²) < 4.78 is 20.2. The van der Waals surface area contributed by atoms with Crippen molar-refractivity contribution < 1.29 is 14.0 Å². The first kappa shape index (κ1) is 33.9. The first-order valence-corrected chi connectivity index (χ1v) is 19.6. The molecule has 0 saturated heterocycles. The first-order valence-electron chi connectivity index (χ1n) is 17.4. The molecule has 0 bridgehead atoms.